The SMILES string of the molecule is CCCCc1c(O)nc(SCC(=O)Nc2ccc(Cl)cc2)n(-c2ccc(OC)cc2)c1=O. The van der Waals surface area contributed by atoms with Gasteiger partial charge in [0.2, 0.25) is 11.8 Å². The zero-order chi connectivity index (χ0) is 23.1. The topological polar surface area (TPSA) is 93.5 Å². The Morgan fingerprint density at radius 3 is 2.50 bits per heavy atom. The molecule has 0 radical (unpaired) electrons. The number of halogens is 1. The summed E-state index contributed by atoms with van der Waals surface area (Å²) in [5, 5.41) is 14.0. The molecule has 32 heavy (non-hydrogen) atoms. The second kappa shape index (κ2) is 11.1. The van der Waals surface area contributed by atoms with Gasteiger partial charge in [-0.25, -0.2) is 0 Å². The van der Waals surface area contributed by atoms with Crippen molar-refractivity contribution in [3.63, 3.8) is 0 Å². The summed E-state index contributed by atoms with van der Waals surface area (Å²) in [7, 11) is 1.56. The average Bonchev–Trinajstić information content (AvgIpc) is 2.79. The lowest BCUT2D eigenvalue weighted by atomic mass is 10.1. The van der Waals surface area contributed by atoms with Crippen molar-refractivity contribution in [3.05, 3.63) is 69.5 Å². The highest BCUT2D eigenvalue weighted by atomic mass is 35.5. The molecule has 2 N–H and O–H groups in total. The van der Waals surface area contributed by atoms with Gasteiger partial charge in [-0.05, 0) is 61.4 Å². The van der Waals surface area contributed by atoms with Crippen molar-refractivity contribution in [1.29, 1.82) is 0 Å². The van der Waals surface area contributed by atoms with Crippen LogP contribution in [0.15, 0.2) is 58.5 Å². The number of aromatic nitrogens is 2. The van der Waals surface area contributed by atoms with Crippen LogP contribution in [0.3, 0.4) is 0 Å². The third-order valence-electron chi connectivity index (χ3n) is 4.70. The Hall–Kier alpha value is -2.97. The highest BCUT2D eigenvalue weighted by Crippen LogP contribution is 2.25. The van der Waals surface area contributed by atoms with E-state index in [4.69, 9.17) is 16.3 Å². The number of benzene rings is 2. The van der Waals surface area contributed by atoms with Crippen LogP contribution in [0.1, 0.15) is 25.3 Å². The van der Waals surface area contributed by atoms with Crippen LogP contribution in [-0.2, 0) is 11.2 Å². The Kier molecular flexibility index (Phi) is 8.19. The maximum atomic E-state index is 13.2. The molecule has 1 aromatic heterocycles. The Morgan fingerprint density at radius 1 is 1.19 bits per heavy atom. The van der Waals surface area contributed by atoms with E-state index in [-0.39, 0.29) is 33.8 Å². The van der Waals surface area contributed by atoms with Crippen LogP contribution in [0.25, 0.3) is 5.69 Å². The number of carbonyl (C=O) groups excluding carboxylic acids is 1. The van der Waals surface area contributed by atoms with Gasteiger partial charge in [-0.15, -0.1) is 0 Å². The Balaban J connectivity index is 1.89. The molecule has 0 unspecified atom stereocenters. The van der Waals surface area contributed by atoms with E-state index in [0.29, 0.717) is 28.6 Å². The standard InChI is InChI=1S/C23H24ClN3O4S/c1-3-4-5-19-21(29)26-23(27(22(19)30)17-10-12-18(31-2)13-11-17)32-14-20(28)25-16-8-6-15(24)7-9-16/h6-13,29H,3-5,14H2,1-2H3,(H,25,28). The van der Waals surface area contributed by atoms with Gasteiger partial charge in [0.15, 0.2) is 5.16 Å². The number of aromatic hydroxyl groups is 1. The van der Waals surface area contributed by atoms with Crippen molar-refractivity contribution in [2.45, 2.75) is 31.3 Å². The first-order valence-electron chi connectivity index (χ1n) is 10.1. The third-order valence-corrected chi connectivity index (χ3v) is 5.89. The second-order valence-corrected chi connectivity index (χ2v) is 8.36. The van der Waals surface area contributed by atoms with E-state index in [1.54, 1.807) is 55.6 Å². The number of ether oxygens (including phenoxy) is 1. The number of carbonyl (C=O) groups is 1. The first-order chi connectivity index (χ1) is 15.4. The van der Waals surface area contributed by atoms with Crippen LogP contribution in [-0.4, -0.2) is 33.4 Å². The molecule has 0 saturated carbocycles. The maximum Gasteiger partial charge on any atom is 0.265 e. The minimum absolute atomic E-state index is 0.00102. The number of methoxy groups -OCH3 is 1. The van der Waals surface area contributed by atoms with Crippen LogP contribution in [0.2, 0.25) is 5.02 Å². The van der Waals surface area contributed by atoms with Gasteiger partial charge in [0.25, 0.3) is 5.56 Å². The summed E-state index contributed by atoms with van der Waals surface area (Å²) in [5.41, 5.74) is 1.09. The van der Waals surface area contributed by atoms with E-state index in [0.717, 1.165) is 24.6 Å². The van der Waals surface area contributed by atoms with Crippen LogP contribution >= 0.6 is 23.4 Å². The molecule has 0 atom stereocenters. The normalized spacial score (nSPS) is 10.7. The molecule has 3 rings (SSSR count). The number of rotatable bonds is 9. The number of hydrogen-bond acceptors (Lipinski definition) is 6. The number of hydrogen-bond donors (Lipinski definition) is 2. The molecular weight excluding hydrogens is 450 g/mol. The summed E-state index contributed by atoms with van der Waals surface area (Å²) < 4.78 is 6.62. The predicted octanol–water partition coefficient (Wildman–Crippen LogP) is 4.67. The van der Waals surface area contributed by atoms with Gasteiger partial charge in [-0.2, -0.15) is 4.98 Å². The van der Waals surface area contributed by atoms with Crippen LogP contribution in [0.4, 0.5) is 5.69 Å². The van der Waals surface area contributed by atoms with Crippen LogP contribution in [0, 0.1) is 0 Å². The quantitative estimate of drug-likeness (QED) is 0.346. The molecule has 0 fully saturated rings. The van der Waals surface area contributed by atoms with Gasteiger partial charge in [0.05, 0.1) is 24.1 Å². The molecule has 2 aromatic carbocycles. The van der Waals surface area contributed by atoms with Gasteiger partial charge in [-0.3, -0.25) is 14.2 Å². The number of nitrogens with one attached hydrogen (secondary N) is 1. The van der Waals surface area contributed by atoms with E-state index in [2.05, 4.69) is 10.3 Å². The van der Waals surface area contributed by atoms with Gasteiger partial charge in [0.1, 0.15) is 5.75 Å². The summed E-state index contributed by atoms with van der Waals surface area (Å²) in [6.45, 7) is 2.01. The summed E-state index contributed by atoms with van der Waals surface area (Å²) in [4.78, 5) is 29.9. The lowest BCUT2D eigenvalue weighted by Crippen LogP contribution is -2.26. The molecule has 1 heterocycles. The molecular formula is C23H24ClN3O4S. The summed E-state index contributed by atoms with van der Waals surface area (Å²) in [5.74, 6) is 0.0754. The highest BCUT2D eigenvalue weighted by Gasteiger charge is 2.19. The van der Waals surface area contributed by atoms with E-state index in [1.807, 2.05) is 6.92 Å². The summed E-state index contributed by atoms with van der Waals surface area (Å²) in [6.07, 6.45) is 2.05. The first kappa shape index (κ1) is 23.7. The fourth-order valence-corrected chi connectivity index (χ4v) is 3.94. The second-order valence-electron chi connectivity index (χ2n) is 6.98. The van der Waals surface area contributed by atoms with Gasteiger partial charge >= 0.3 is 0 Å². The molecule has 9 heteroatoms. The summed E-state index contributed by atoms with van der Waals surface area (Å²) in [6, 6.07) is 13.7. The Bertz CT molecular complexity index is 1130. The zero-order valence-electron chi connectivity index (χ0n) is 17.8. The van der Waals surface area contributed by atoms with Crippen LogP contribution < -0.4 is 15.6 Å². The minimum Gasteiger partial charge on any atom is -0.497 e. The number of thioether (sulfide) groups is 1. The van der Waals surface area contributed by atoms with E-state index in [9.17, 15) is 14.7 Å². The van der Waals surface area contributed by atoms with Crippen molar-refractivity contribution in [2.75, 3.05) is 18.2 Å². The van der Waals surface area contributed by atoms with E-state index >= 15 is 0 Å². The lowest BCUT2D eigenvalue weighted by Gasteiger charge is -2.15. The molecule has 0 aliphatic rings. The predicted molar refractivity (Wildman–Crippen MR) is 127 cm³/mol. The molecule has 0 spiro atoms. The number of anilines is 1. The van der Waals surface area contributed by atoms with E-state index < -0.39 is 0 Å². The molecule has 7 nitrogen and oxygen atoms in total. The number of amides is 1. The van der Waals surface area contributed by atoms with Gasteiger partial charge < -0.3 is 15.2 Å². The Labute approximate surface area is 195 Å². The fraction of sp³-hybridized carbons (Fsp3) is 0.261. The van der Waals surface area contributed by atoms with Crippen molar-refractivity contribution in [2.24, 2.45) is 0 Å². The van der Waals surface area contributed by atoms with Crippen molar-refractivity contribution in [3.8, 4) is 17.3 Å². The lowest BCUT2D eigenvalue weighted by molar-refractivity contribution is -0.113. The zero-order valence-corrected chi connectivity index (χ0v) is 19.4. The molecule has 3 aromatic rings. The molecule has 0 bridgehead atoms. The van der Waals surface area contributed by atoms with Crippen LogP contribution in [0.5, 0.6) is 11.6 Å². The minimum atomic E-state index is -0.350. The fourth-order valence-electron chi connectivity index (χ4n) is 3.01. The summed E-state index contributed by atoms with van der Waals surface area (Å²) >= 11 is 6.93. The third kappa shape index (κ3) is 5.83. The van der Waals surface area contributed by atoms with Crippen molar-refractivity contribution < 1.29 is 14.6 Å². The van der Waals surface area contributed by atoms with Gasteiger partial charge in [-0.1, -0.05) is 36.7 Å². The molecule has 0 saturated heterocycles. The number of unbranched alkanes of at least 4 members (excludes halogenated alkanes) is 1. The Morgan fingerprint density at radius 2 is 1.88 bits per heavy atom. The molecule has 168 valence electrons. The molecule has 1 amide bonds. The molecule has 0 aliphatic heterocycles. The molecule has 0 aliphatic carbocycles. The van der Waals surface area contributed by atoms with Crippen molar-refractivity contribution >= 4 is 35.0 Å². The highest BCUT2D eigenvalue weighted by molar-refractivity contribution is 7.99. The van der Waals surface area contributed by atoms with Crippen molar-refractivity contribution in [1.82, 2.24) is 9.55 Å². The van der Waals surface area contributed by atoms with Gasteiger partial charge in [0, 0.05) is 10.7 Å². The largest absolute Gasteiger partial charge is 0.497 e. The average molecular weight is 474 g/mol. The maximum absolute atomic E-state index is 13.2. The smallest absolute Gasteiger partial charge is 0.265 e. The van der Waals surface area contributed by atoms with E-state index in [1.165, 1.54) is 4.57 Å². The monoisotopic (exact) mass is 473 g/mol. The first-order valence-corrected chi connectivity index (χ1v) is 11.5. The number of nitrogens with zero attached hydrogens (tertiary/aromatic N) is 2.